The third-order valence-corrected chi connectivity index (χ3v) is 2.21. The number of ether oxygens (including phenoxy) is 1. The first-order valence-electron chi connectivity index (χ1n) is 3.64. The normalized spacial score (nSPS) is 12.5. The average Bonchev–Trinajstić information content (AvgIpc) is 2.08. The molecule has 0 fully saturated rings. The van der Waals surface area contributed by atoms with Crippen LogP contribution in [-0.4, -0.2) is 15.9 Å². The van der Waals surface area contributed by atoms with Crippen molar-refractivity contribution in [1.29, 1.82) is 0 Å². The van der Waals surface area contributed by atoms with Crippen LogP contribution in [0.15, 0.2) is 18.2 Å². The first kappa shape index (κ1) is 10.0. The molecule has 0 saturated heterocycles. The fraction of sp³-hybridized carbons (Fsp3) is 0.250. The predicted octanol–water partition coefficient (Wildman–Crippen LogP) is 0.999. The number of rotatable bonds is 3. The second-order valence-electron chi connectivity index (χ2n) is 2.50. The SMILES string of the molecule is COc1cccc(CS(=O)O)c1N. The molecule has 0 saturated carbocycles. The Labute approximate surface area is 79.0 Å². The predicted molar refractivity (Wildman–Crippen MR) is 51.9 cm³/mol. The number of anilines is 1. The molecule has 1 unspecified atom stereocenters. The lowest BCUT2D eigenvalue weighted by atomic mass is 10.2. The third-order valence-electron chi connectivity index (χ3n) is 1.66. The molecule has 4 nitrogen and oxygen atoms in total. The highest BCUT2D eigenvalue weighted by atomic mass is 32.2. The monoisotopic (exact) mass is 201 g/mol. The topological polar surface area (TPSA) is 72.5 Å². The zero-order chi connectivity index (χ0) is 9.84. The van der Waals surface area contributed by atoms with Crippen LogP contribution < -0.4 is 10.5 Å². The number of benzene rings is 1. The van der Waals surface area contributed by atoms with Crippen molar-refractivity contribution in [2.45, 2.75) is 5.75 Å². The number of hydrogen-bond acceptors (Lipinski definition) is 3. The maximum atomic E-state index is 10.5. The van der Waals surface area contributed by atoms with E-state index in [1.54, 1.807) is 18.2 Å². The first-order valence-corrected chi connectivity index (χ1v) is 4.91. The van der Waals surface area contributed by atoms with Crippen LogP contribution in [0.3, 0.4) is 0 Å². The summed E-state index contributed by atoms with van der Waals surface area (Å²) in [5, 5.41) is 0. The van der Waals surface area contributed by atoms with E-state index in [2.05, 4.69) is 0 Å². The van der Waals surface area contributed by atoms with Gasteiger partial charge in [0, 0.05) is 0 Å². The van der Waals surface area contributed by atoms with Gasteiger partial charge in [-0.05, 0) is 11.6 Å². The molecule has 72 valence electrons. The van der Waals surface area contributed by atoms with Gasteiger partial charge >= 0.3 is 0 Å². The summed E-state index contributed by atoms with van der Waals surface area (Å²) in [7, 11) is 1.51. The van der Waals surface area contributed by atoms with E-state index in [0.717, 1.165) is 0 Å². The van der Waals surface area contributed by atoms with E-state index < -0.39 is 11.1 Å². The van der Waals surface area contributed by atoms with Gasteiger partial charge in [0.25, 0.3) is 0 Å². The summed E-state index contributed by atoms with van der Waals surface area (Å²) in [6.45, 7) is 0. The molecule has 0 aliphatic heterocycles. The lowest BCUT2D eigenvalue weighted by Crippen LogP contribution is -2.00. The van der Waals surface area contributed by atoms with Gasteiger partial charge in [-0.25, -0.2) is 4.21 Å². The van der Waals surface area contributed by atoms with E-state index in [4.69, 9.17) is 15.0 Å². The van der Waals surface area contributed by atoms with Crippen molar-refractivity contribution < 1.29 is 13.5 Å². The van der Waals surface area contributed by atoms with E-state index in [0.29, 0.717) is 17.0 Å². The van der Waals surface area contributed by atoms with Crippen LogP contribution >= 0.6 is 0 Å². The molecule has 5 heteroatoms. The molecular weight excluding hydrogens is 190 g/mol. The van der Waals surface area contributed by atoms with Crippen LogP contribution in [0.2, 0.25) is 0 Å². The van der Waals surface area contributed by atoms with Crippen LogP contribution in [0.1, 0.15) is 5.56 Å². The molecule has 0 aliphatic carbocycles. The van der Waals surface area contributed by atoms with E-state index in [1.165, 1.54) is 7.11 Å². The highest BCUT2D eigenvalue weighted by Crippen LogP contribution is 2.25. The molecule has 0 heterocycles. The van der Waals surface area contributed by atoms with Gasteiger partial charge in [0.2, 0.25) is 0 Å². The summed E-state index contributed by atoms with van der Waals surface area (Å²) in [6.07, 6.45) is 0. The summed E-state index contributed by atoms with van der Waals surface area (Å²) >= 11 is -1.87. The van der Waals surface area contributed by atoms with Crippen LogP contribution in [0, 0.1) is 0 Å². The Kier molecular flexibility index (Phi) is 3.27. The summed E-state index contributed by atoms with van der Waals surface area (Å²) < 4.78 is 24.2. The molecule has 0 radical (unpaired) electrons. The average molecular weight is 201 g/mol. The Morgan fingerprint density at radius 2 is 2.31 bits per heavy atom. The number of hydrogen-bond donors (Lipinski definition) is 2. The van der Waals surface area contributed by atoms with Crippen molar-refractivity contribution in [1.82, 2.24) is 0 Å². The second-order valence-corrected chi connectivity index (χ2v) is 3.43. The highest BCUT2D eigenvalue weighted by molar-refractivity contribution is 7.78. The molecule has 1 aromatic rings. The summed E-state index contributed by atoms with van der Waals surface area (Å²) in [5.74, 6) is 0.561. The molecule has 0 bridgehead atoms. The van der Waals surface area contributed by atoms with Crippen LogP contribution in [0.5, 0.6) is 5.75 Å². The Morgan fingerprint density at radius 3 is 2.85 bits per heavy atom. The largest absolute Gasteiger partial charge is 0.495 e. The van der Waals surface area contributed by atoms with Gasteiger partial charge in [0.1, 0.15) is 5.75 Å². The standard InChI is InChI=1S/C8H11NO3S/c1-12-7-4-2-3-6(8(7)9)5-13(10)11/h2-4H,5,9H2,1H3,(H,10,11). The minimum absolute atomic E-state index is 0.0308. The molecule has 0 spiro atoms. The fourth-order valence-electron chi connectivity index (χ4n) is 1.03. The Hall–Kier alpha value is -1.07. The molecule has 1 rings (SSSR count). The van der Waals surface area contributed by atoms with Gasteiger partial charge in [-0.1, -0.05) is 12.1 Å². The molecule has 1 aromatic carbocycles. The minimum atomic E-state index is -1.87. The summed E-state index contributed by atoms with van der Waals surface area (Å²) in [6, 6.07) is 5.14. The smallest absolute Gasteiger partial charge is 0.157 e. The van der Waals surface area contributed by atoms with Gasteiger partial charge in [-0.2, -0.15) is 0 Å². The maximum absolute atomic E-state index is 10.5. The maximum Gasteiger partial charge on any atom is 0.157 e. The van der Waals surface area contributed by atoms with E-state index >= 15 is 0 Å². The molecule has 1 atom stereocenters. The van der Waals surface area contributed by atoms with Gasteiger partial charge in [-0.3, -0.25) is 0 Å². The van der Waals surface area contributed by atoms with E-state index in [-0.39, 0.29) is 5.75 Å². The van der Waals surface area contributed by atoms with Crippen LogP contribution in [0.25, 0.3) is 0 Å². The van der Waals surface area contributed by atoms with Crippen molar-refractivity contribution in [3.63, 3.8) is 0 Å². The second kappa shape index (κ2) is 4.25. The van der Waals surface area contributed by atoms with Crippen molar-refractivity contribution >= 4 is 16.8 Å². The first-order chi connectivity index (χ1) is 6.15. The van der Waals surface area contributed by atoms with Gasteiger partial charge in [-0.15, -0.1) is 0 Å². The third kappa shape index (κ3) is 2.43. The molecule has 0 amide bonds. The van der Waals surface area contributed by atoms with Gasteiger partial charge in [0.05, 0.1) is 18.6 Å². The zero-order valence-corrected chi connectivity index (χ0v) is 8.00. The van der Waals surface area contributed by atoms with Crippen LogP contribution in [-0.2, 0) is 16.8 Å². The molecule has 0 aliphatic rings. The Balaban J connectivity index is 3.01. The summed E-state index contributed by atoms with van der Waals surface area (Å²) in [4.78, 5) is 0. The van der Waals surface area contributed by atoms with Crippen molar-refractivity contribution in [3.8, 4) is 5.75 Å². The van der Waals surface area contributed by atoms with E-state index in [9.17, 15) is 4.21 Å². The van der Waals surface area contributed by atoms with Gasteiger partial charge in [0.15, 0.2) is 11.1 Å². The van der Waals surface area contributed by atoms with Gasteiger partial charge < -0.3 is 15.0 Å². The molecule has 13 heavy (non-hydrogen) atoms. The molecular formula is C8H11NO3S. The quantitative estimate of drug-likeness (QED) is 0.565. The number of para-hydroxylation sites is 1. The van der Waals surface area contributed by atoms with Crippen molar-refractivity contribution in [2.75, 3.05) is 12.8 Å². The van der Waals surface area contributed by atoms with Crippen LogP contribution in [0.4, 0.5) is 5.69 Å². The molecule has 0 aromatic heterocycles. The fourth-order valence-corrected chi connectivity index (χ4v) is 1.54. The van der Waals surface area contributed by atoms with E-state index in [1.807, 2.05) is 0 Å². The minimum Gasteiger partial charge on any atom is -0.495 e. The Morgan fingerprint density at radius 1 is 1.62 bits per heavy atom. The van der Waals surface area contributed by atoms with Crippen molar-refractivity contribution in [3.05, 3.63) is 23.8 Å². The number of nitrogen functional groups attached to an aromatic ring is 1. The molecule has 3 N–H and O–H groups in total. The Bertz CT molecular complexity index is 327. The number of methoxy groups -OCH3 is 1. The van der Waals surface area contributed by atoms with Crippen molar-refractivity contribution in [2.24, 2.45) is 0 Å². The lowest BCUT2D eigenvalue weighted by Gasteiger charge is -2.07. The zero-order valence-electron chi connectivity index (χ0n) is 7.19. The summed E-state index contributed by atoms with van der Waals surface area (Å²) in [5.41, 5.74) is 6.72. The highest BCUT2D eigenvalue weighted by Gasteiger charge is 2.06. The lowest BCUT2D eigenvalue weighted by molar-refractivity contribution is 0.416. The number of nitrogens with two attached hydrogens (primary N) is 1.